The fraction of sp³-hybridized carbons (Fsp3) is 0.0244. The van der Waals surface area contributed by atoms with E-state index >= 15 is 0 Å². The third-order valence-corrected chi connectivity index (χ3v) is 10.1. The number of benzene rings is 7. The number of hydrogen-bond acceptors (Lipinski definition) is 1. The number of thiophene rings is 1. The van der Waals surface area contributed by atoms with Gasteiger partial charge < -0.3 is 0 Å². The molecule has 7 aromatic carbocycles. The Kier molecular flexibility index (Phi) is 5.23. The van der Waals surface area contributed by atoms with Crippen molar-refractivity contribution in [2.75, 3.05) is 0 Å². The molecule has 1 heteroatoms. The van der Waals surface area contributed by atoms with Crippen LogP contribution in [0.1, 0.15) is 11.1 Å². The highest BCUT2D eigenvalue weighted by molar-refractivity contribution is 7.26. The molecule has 9 rings (SSSR count). The predicted molar refractivity (Wildman–Crippen MR) is 181 cm³/mol. The van der Waals surface area contributed by atoms with E-state index in [1.165, 1.54) is 86.6 Å². The normalized spacial score (nSPS) is 12.2. The average Bonchev–Trinajstić information content (AvgIpc) is 3.63. The third kappa shape index (κ3) is 3.67. The lowest BCUT2D eigenvalue weighted by molar-refractivity contribution is 1.29. The van der Waals surface area contributed by atoms with Crippen molar-refractivity contribution in [3.05, 3.63) is 157 Å². The molecule has 0 unspecified atom stereocenters. The SMILES string of the molecule is c1ccc(-c2ccc3c(c2)-c2cc(-c4ccc5ccccc5c4)c4c(sc5ccc(-c6ccccc6)cc54)c2C3)cc1. The maximum atomic E-state index is 2.49. The smallest absolute Gasteiger partial charge is 0.0403 e. The Hall–Kier alpha value is -4.98. The van der Waals surface area contributed by atoms with Crippen LogP contribution in [0.3, 0.4) is 0 Å². The van der Waals surface area contributed by atoms with Gasteiger partial charge in [-0.1, -0.05) is 115 Å². The van der Waals surface area contributed by atoms with E-state index in [0.29, 0.717) is 0 Å². The number of rotatable bonds is 3. The van der Waals surface area contributed by atoms with Crippen LogP contribution in [0.15, 0.2) is 146 Å². The van der Waals surface area contributed by atoms with Crippen molar-refractivity contribution in [1.29, 1.82) is 0 Å². The van der Waals surface area contributed by atoms with Crippen LogP contribution in [0.25, 0.3) is 75.5 Å². The molecule has 0 saturated carbocycles. The van der Waals surface area contributed by atoms with Gasteiger partial charge in [-0.3, -0.25) is 0 Å². The molecular formula is C41H26S. The van der Waals surface area contributed by atoms with Crippen molar-refractivity contribution >= 4 is 42.3 Å². The van der Waals surface area contributed by atoms with Crippen LogP contribution in [0, 0.1) is 0 Å². The van der Waals surface area contributed by atoms with Gasteiger partial charge in [0.05, 0.1) is 0 Å². The van der Waals surface area contributed by atoms with Gasteiger partial charge in [-0.05, 0) is 96.7 Å². The summed E-state index contributed by atoms with van der Waals surface area (Å²) in [6, 6.07) is 53.7. The van der Waals surface area contributed by atoms with Crippen LogP contribution < -0.4 is 0 Å². The van der Waals surface area contributed by atoms with E-state index in [2.05, 4.69) is 146 Å². The first-order valence-corrected chi connectivity index (χ1v) is 15.4. The quantitative estimate of drug-likeness (QED) is 0.205. The molecule has 0 nitrogen and oxygen atoms in total. The van der Waals surface area contributed by atoms with E-state index in [-0.39, 0.29) is 0 Å². The second-order valence-electron chi connectivity index (χ2n) is 11.3. The summed E-state index contributed by atoms with van der Waals surface area (Å²) in [5.41, 5.74) is 13.3. The molecule has 1 aliphatic rings. The van der Waals surface area contributed by atoms with E-state index in [9.17, 15) is 0 Å². The molecule has 42 heavy (non-hydrogen) atoms. The minimum atomic E-state index is 0.979. The Morgan fingerprint density at radius 2 is 1.10 bits per heavy atom. The lowest BCUT2D eigenvalue weighted by Gasteiger charge is -2.12. The molecule has 0 radical (unpaired) electrons. The maximum Gasteiger partial charge on any atom is 0.0403 e. The van der Waals surface area contributed by atoms with E-state index in [4.69, 9.17) is 0 Å². The van der Waals surface area contributed by atoms with Crippen LogP contribution in [0.5, 0.6) is 0 Å². The van der Waals surface area contributed by atoms with Gasteiger partial charge >= 0.3 is 0 Å². The molecule has 0 spiro atoms. The second-order valence-corrected chi connectivity index (χ2v) is 12.4. The van der Waals surface area contributed by atoms with Gasteiger partial charge in [0.1, 0.15) is 0 Å². The molecule has 0 fully saturated rings. The van der Waals surface area contributed by atoms with Crippen molar-refractivity contribution in [1.82, 2.24) is 0 Å². The van der Waals surface area contributed by atoms with Gasteiger partial charge in [0.25, 0.3) is 0 Å². The van der Waals surface area contributed by atoms with Gasteiger partial charge in [0.2, 0.25) is 0 Å². The van der Waals surface area contributed by atoms with Gasteiger partial charge in [-0.25, -0.2) is 0 Å². The Morgan fingerprint density at radius 1 is 0.429 bits per heavy atom. The standard InChI is InChI=1S/C41H26S/c1-3-9-26(10-4-1)30-16-18-33-24-37-36(34(33)22-30)25-35(32-17-15-28-13-7-8-14-29(28)21-32)40-38-23-31(27-11-5-2-6-12-27)19-20-39(38)42-41(37)40/h1-23,25H,24H2. The van der Waals surface area contributed by atoms with E-state index < -0.39 is 0 Å². The fourth-order valence-corrected chi connectivity index (χ4v) is 8.05. The van der Waals surface area contributed by atoms with Crippen molar-refractivity contribution in [2.24, 2.45) is 0 Å². The Labute approximate surface area is 249 Å². The highest BCUT2D eigenvalue weighted by atomic mass is 32.1. The van der Waals surface area contributed by atoms with E-state index in [1.807, 2.05) is 11.3 Å². The molecule has 1 heterocycles. The van der Waals surface area contributed by atoms with Crippen LogP contribution in [-0.4, -0.2) is 0 Å². The molecule has 196 valence electrons. The highest BCUT2D eigenvalue weighted by Gasteiger charge is 2.26. The molecule has 1 aliphatic carbocycles. The summed E-state index contributed by atoms with van der Waals surface area (Å²) in [5.74, 6) is 0. The van der Waals surface area contributed by atoms with E-state index in [1.54, 1.807) is 0 Å². The summed E-state index contributed by atoms with van der Waals surface area (Å²) in [5, 5.41) is 5.29. The second kappa shape index (κ2) is 9.27. The topological polar surface area (TPSA) is 0 Å². The molecule has 0 aliphatic heterocycles. The van der Waals surface area contributed by atoms with Crippen molar-refractivity contribution < 1.29 is 0 Å². The molecule has 0 saturated heterocycles. The van der Waals surface area contributed by atoms with Gasteiger partial charge in [-0.15, -0.1) is 11.3 Å². The summed E-state index contributed by atoms with van der Waals surface area (Å²) >= 11 is 1.95. The monoisotopic (exact) mass is 550 g/mol. The van der Waals surface area contributed by atoms with E-state index in [0.717, 1.165) is 6.42 Å². The highest BCUT2D eigenvalue weighted by Crippen LogP contribution is 2.50. The van der Waals surface area contributed by atoms with Crippen LogP contribution in [-0.2, 0) is 6.42 Å². The Morgan fingerprint density at radius 3 is 1.88 bits per heavy atom. The third-order valence-electron chi connectivity index (χ3n) is 8.89. The van der Waals surface area contributed by atoms with Crippen molar-refractivity contribution in [3.8, 4) is 44.5 Å². The summed E-state index contributed by atoms with van der Waals surface area (Å²) in [6.45, 7) is 0. The number of hydrogen-bond donors (Lipinski definition) is 0. The average molecular weight is 551 g/mol. The minimum absolute atomic E-state index is 0.979. The summed E-state index contributed by atoms with van der Waals surface area (Å²) < 4.78 is 2.77. The van der Waals surface area contributed by atoms with Gasteiger partial charge in [-0.2, -0.15) is 0 Å². The van der Waals surface area contributed by atoms with Gasteiger partial charge in [0.15, 0.2) is 0 Å². The van der Waals surface area contributed by atoms with Gasteiger partial charge in [0, 0.05) is 26.6 Å². The van der Waals surface area contributed by atoms with Crippen LogP contribution >= 0.6 is 11.3 Å². The molecule has 1 aromatic heterocycles. The van der Waals surface area contributed by atoms with Crippen molar-refractivity contribution in [3.63, 3.8) is 0 Å². The summed E-state index contributed by atoms with van der Waals surface area (Å²) in [6.07, 6.45) is 0.979. The molecule has 0 atom stereocenters. The molecule has 8 aromatic rings. The minimum Gasteiger partial charge on any atom is -0.135 e. The molecule has 0 bridgehead atoms. The molecular weight excluding hydrogens is 525 g/mol. The summed E-state index contributed by atoms with van der Waals surface area (Å²) in [7, 11) is 0. The predicted octanol–water partition coefficient (Wildman–Crippen LogP) is 11.8. The zero-order valence-electron chi connectivity index (χ0n) is 23.0. The zero-order valence-corrected chi connectivity index (χ0v) is 23.8. The van der Waals surface area contributed by atoms with Crippen molar-refractivity contribution in [2.45, 2.75) is 6.42 Å². The first-order valence-electron chi connectivity index (χ1n) is 14.6. The Balaban J connectivity index is 1.34. The number of fused-ring (bicyclic) bond motifs is 8. The first-order chi connectivity index (χ1) is 20.8. The largest absolute Gasteiger partial charge is 0.135 e. The zero-order chi connectivity index (χ0) is 27.6. The lowest BCUT2D eigenvalue weighted by Crippen LogP contribution is -1.87. The first kappa shape index (κ1) is 23.7. The fourth-order valence-electron chi connectivity index (χ4n) is 6.80. The molecule has 0 amide bonds. The maximum absolute atomic E-state index is 2.49. The lowest BCUT2D eigenvalue weighted by atomic mass is 9.91. The summed E-state index contributed by atoms with van der Waals surface area (Å²) in [4.78, 5) is 0. The molecule has 0 N–H and O–H groups in total. The van der Waals surface area contributed by atoms with Crippen LogP contribution in [0.2, 0.25) is 0 Å². The Bertz CT molecular complexity index is 2310. The van der Waals surface area contributed by atoms with Crippen LogP contribution in [0.4, 0.5) is 0 Å².